The highest BCUT2D eigenvalue weighted by Gasteiger charge is 1.99. The van der Waals surface area contributed by atoms with Crippen LogP contribution in [0.5, 0.6) is 0 Å². The molecule has 0 N–H and O–H groups in total. The van der Waals surface area contributed by atoms with E-state index >= 15 is 0 Å². The molecule has 158 valence electrons. The minimum absolute atomic E-state index is 1.21. The van der Waals surface area contributed by atoms with Gasteiger partial charge in [-0.15, -0.1) is 0 Å². The molecule has 0 aromatic carbocycles. The van der Waals surface area contributed by atoms with Crippen molar-refractivity contribution in [3.63, 3.8) is 0 Å². The van der Waals surface area contributed by atoms with Crippen LogP contribution in [0.2, 0.25) is 0 Å². The van der Waals surface area contributed by atoms with E-state index in [-0.39, 0.29) is 0 Å². The van der Waals surface area contributed by atoms with E-state index in [1.807, 2.05) is 0 Å². The molecule has 0 saturated heterocycles. The monoisotopic (exact) mass is 368 g/mol. The third-order valence-corrected chi connectivity index (χ3v) is 5.54. The molecule has 0 saturated carbocycles. The van der Waals surface area contributed by atoms with Gasteiger partial charge in [-0.3, -0.25) is 0 Å². The topological polar surface area (TPSA) is 6.48 Å². The Morgan fingerprint density at radius 3 is 1.12 bits per heavy atom. The van der Waals surface area contributed by atoms with E-state index in [0.717, 1.165) is 0 Å². The van der Waals surface area contributed by atoms with Crippen molar-refractivity contribution >= 4 is 0 Å². The Bertz CT molecular complexity index is 253. The zero-order valence-corrected chi connectivity index (χ0v) is 19.0. The van der Waals surface area contributed by atoms with E-state index in [9.17, 15) is 0 Å². The number of rotatable bonds is 21. The zero-order valence-electron chi connectivity index (χ0n) is 19.0. The molecule has 0 aliphatic carbocycles. The van der Waals surface area contributed by atoms with Gasteiger partial charge in [0.2, 0.25) is 0 Å². The van der Waals surface area contributed by atoms with Gasteiger partial charge in [-0.2, -0.15) is 0 Å². The van der Waals surface area contributed by atoms with Crippen molar-refractivity contribution in [3.8, 4) is 0 Å². The molecule has 0 amide bonds. The van der Waals surface area contributed by atoms with E-state index in [0.29, 0.717) is 0 Å². The highest BCUT2D eigenvalue weighted by atomic mass is 15.1. The summed E-state index contributed by atoms with van der Waals surface area (Å²) in [5, 5.41) is 0. The maximum Gasteiger partial charge on any atom is -0.000960 e. The van der Waals surface area contributed by atoms with Gasteiger partial charge in [0.05, 0.1) is 0 Å². The van der Waals surface area contributed by atoms with Crippen molar-refractivity contribution in [2.24, 2.45) is 0 Å². The van der Waals surface area contributed by atoms with Gasteiger partial charge in [-0.25, -0.2) is 0 Å². The Balaban J connectivity index is 3.09. The number of hydrogen-bond acceptors (Lipinski definition) is 2. The van der Waals surface area contributed by atoms with Gasteiger partial charge in [0.15, 0.2) is 0 Å². The minimum Gasteiger partial charge on any atom is -0.309 e. The second-order valence-electron chi connectivity index (χ2n) is 8.76. The zero-order chi connectivity index (χ0) is 19.3. The summed E-state index contributed by atoms with van der Waals surface area (Å²) in [7, 11) is 6.60. The fourth-order valence-corrected chi connectivity index (χ4v) is 3.70. The highest BCUT2D eigenvalue weighted by Crippen LogP contribution is 2.13. The Kier molecular flexibility index (Phi) is 21.2. The summed E-state index contributed by atoms with van der Waals surface area (Å²) < 4.78 is 0. The van der Waals surface area contributed by atoms with Gasteiger partial charge in [0.25, 0.3) is 0 Å². The van der Waals surface area contributed by atoms with Crippen LogP contribution in [0.15, 0.2) is 0 Å². The molecule has 0 bridgehead atoms. The lowest BCUT2D eigenvalue weighted by Gasteiger charge is -2.17. The van der Waals surface area contributed by atoms with Crippen molar-refractivity contribution in [2.75, 3.05) is 40.8 Å². The molecule has 26 heavy (non-hydrogen) atoms. The molecule has 0 aromatic heterocycles. The molecule has 0 heterocycles. The summed E-state index contributed by atoms with van der Waals surface area (Å²) in [5.74, 6) is 0. The first-order chi connectivity index (χ1) is 12.7. The maximum atomic E-state index is 2.51. The molecule has 2 heteroatoms. The number of nitrogens with zero attached hydrogens (tertiary/aromatic N) is 2. The van der Waals surface area contributed by atoms with Gasteiger partial charge < -0.3 is 9.80 Å². The summed E-state index contributed by atoms with van der Waals surface area (Å²) >= 11 is 0. The van der Waals surface area contributed by atoms with Crippen molar-refractivity contribution in [1.29, 1.82) is 0 Å². The van der Waals surface area contributed by atoms with Crippen LogP contribution in [0, 0.1) is 0 Å². The van der Waals surface area contributed by atoms with Crippen LogP contribution in [0.4, 0.5) is 0 Å². The molecule has 2 nitrogen and oxygen atoms in total. The predicted molar refractivity (Wildman–Crippen MR) is 120 cm³/mol. The van der Waals surface area contributed by atoms with Gasteiger partial charge >= 0.3 is 0 Å². The van der Waals surface area contributed by atoms with E-state index in [4.69, 9.17) is 0 Å². The number of unbranched alkanes of at least 4 members (excludes halogenated alkanes) is 15. The SMILES string of the molecule is CCCCCCCCCCCCCCCCCCN(C)CCCN(C)C. The maximum absolute atomic E-state index is 2.51. The minimum atomic E-state index is 1.21. The standard InChI is InChI=1S/C24H52N2/c1-5-6-7-8-9-10-11-12-13-14-15-16-17-18-19-20-23-26(4)24-21-22-25(2)3/h5-24H2,1-4H3. The molecular weight excluding hydrogens is 316 g/mol. The highest BCUT2D eigenvalue weighted by molar-refractivity contribution is 4.55. The van der Waals surface area contributed by atoms with Crippen LogP contribution in [-0.4, -0.2) is 50.6 Å². The summed E-state index contributed by atoms with van der Waals surface area (Å²) in [5.41, 5.74) is 0. The molecule has 0 aliphatic heterocycles. The average molecular weight is 369 g/mol. The van der Waals surface area contributed by atoms with Gasteiger partial charge in [0.1, 0.15) is 0 Å². The van der Waals surface area contributed by atoms with E-state index < -0.39 is 0 Å². The average Bonchev–Trinajstić information content (AvgIpc) is 2.61. The van der Waals surface area contributed by atoms with E-state index in [2.05, 4.69) is 37.9 Å². The third kappa shape index (κ3) is 22.0. The Hall–Kier alpha value is -0.0800. The van der Waals surface area contributed by atoms with Crippen molar-refractivity contribution in [2.45, 2.75) is 116 Å². The second-order valence-corrected chi connectivity index (χ2v) is 8.76. The van der Waals surface area contributed by atoms with Gasteiger partial charge in [-0.05, 0) is 53.6 Å². The summed E-state index contributed by atoms with van der Waals surface area (Å²) in [6.07, 6.45) is 24.6. The van der Waals surface area contributed by atoms with Crippen LogP contribution >= 0.6 is 0 Å². The molecule has 0 radical (unpaired) electrons. The fraction of sp³-hybridized carbons (Fsp3) is 1.00. The lowest BCUT2D eigenvalue weighted by Crippen LogP contribution is -2.24. The van der Waals surface area contributed by atoms with Crippen molar-refractivity contribution < 1.29 is 0 Å². The first-order valence-electron chi connectivity index (χ1n) is 12.0. The number of hydrogen-bond donors (Lipinski definition) is 0. The van der Waals surface area contributed by atoms with Crippen LogP contribution < -0.4 is 0 Å². The van der Waals surface area contributed by atoms with Gasteiger partial charge in [-0.1, -0.05) is 103 Å². The summed E-state index contributed by atoms with van der Waals surface area (Å²) in [6, 6.07) is 0. The second kappa shape index (κ2) is 21.2. The third-order valence-electron chi connectivity index (χ3n) is 5.54. The quantitative estimate of drug-likeness (QED) is 0.199. The van der Waals surface area contributed by atoms with Crippen molar-refractivity contribution in [3.05, 3.63) is 0 Å². The Labute approximate surface area is 167 Å². The first-order valence-corrected chi connectivity index (χ1v) is 12.0. The lowest BCUT2D eigenvalue weighted by atomic mass is 10.0. The molecule has 0 atom stereocenters. The van der Waals surface area contributed by atoms with Crippen LogP contribution in [0.3, 0.4) is 0 Å². The van der Waals surface area contributed by atoms with Gasteiger partial charge in [0, 0.05) is 0 Å². The molecule has 0 spiro atoms. The summed E-state index contributed by atoms with van der Waals surface area (Å²) in [4.78, 5) is 4.79. The fourth-order valence-electron chi connectivity index (χ4n) is 3.70. The Morgan fingerprint density at radius 1 is 0.385 bits per heavy atom. The normalized spacial score (nSPS) is 11.8. The van der Waals surface area contributed by atoms with Crippen LogP contribution in [-0.2, 0) is 0 Å². The first kappa shape index (κ1) is 25.9. The smallest absolute Gasteiger partial charge is 0.000960 e. The molecule has 0 aliphatic rings. The largest absolute Gasteiger partial charge is 0.309 e. The summed E-state index contributed by atoms with van der Waals surface area (Å²) in [6.45, 7) is 6.04. The molecule has 0 fully saturated rings. The molecule has 0 unspecified atom stereocenters. The lowest BCUT2D eigenvalue weighted by molar-refractivity contribution is 0.294. The predicted octanol–water partition coefficient (Wildman–Crippen LogP) is 7.13. The Morgan fingerprint density at radius 2 is 0.731 bits per heavy atom. The molecule has 0 rings (SSSR count). The molecule has 0 aromatic rings. The van der Waals surface area contributed by atoms with E-state index in [1.165, 1.54) is 129 Å². The van der Waals surface area contributed by atoms with Crippen molar-refractivity contribution in [1.82, 2.24) is 9.80 Å². The van der Waals surface area contributed by atoms with E-state index in [1.54, 1.807) is 0 Å². The van der Waals surface area contributed by atoms with Crippen LogP contribution in [0.1, 0.15) is 116 Å². The van der Waals surface area contributed by atoms with Crippen LogP contribution in [0.25, 0.3) is 0 Å². The molecular formula is C24H52N2.